The monoisotopic (exact) mass is 335 g/mol. The maximum absolute atomic E-state index is 12.9. The molecule has 0 atom stereocenters. The molecule has 0 spiro atoms. The molecule has 1 aromatic heterocycles. The number of carbonyl (C=O) groups is 1. The molecule has 9 heteroatoms. The van der Waals surface area contributed by atoms with Crippen molar-refractivity contribution in [2.75, 3.05) is 5.32 Å². The highest BCUT2D eigenvalue weighted by atomic mass is 35.5. The van der Waals surface area contributed by atoms with Crippen molar-refractivity contribution in [3.63, 3.8) is 0 Å². The predicted octanol–water partition coefficient (Wildman–Crippen LogP) is 3.53. The third-order valence-corrected chi connectivity index (χ3v) is 3.70. The van der Waals surface area contributed by atoms with Crippen LogP contribution in [0.2, 0.25) is 5.02 Å². The third-order valence-electron chi connectivity index (χ3n) is 2.52. The van der Waals surface area contributed by atoms with Gasteiger partial charge in [-0.3, -0.25) is 4.79 Å². The molecule has 2 aromatic rings. The number of benzene rings is 1. The fourth-order valence-electron chi connectivity index (χ4n) is 1.57. The molecule has 0 unspecified atom stereocenters. The zero-order valence-corrected chi connectivity index (χ0v) is 11.9. The molecule has 1 amide bonds. The lowest BCUT2D eigenvalue weighted by atomic mass is 10.1. The molecule has 21 heavy (non-hydrogen) atoms. The Balaban J connectivity index is 2.33. The second-order valence-corrected chi connectivity index (χ2v) is 5.29. The Hall–Kier alpha value is -1.64. The number of rotatable bonds is 3. The van der Waals surface area contributed by atoms with E-state index in [1.165, 1.54) is 11.4 Å². The van der Waals surface area contributed by atoms with Crippen LogP contribution >= 0.6 is 22.9 Å². The van der Waals surface area contributed by atoms with Crippen LogP contribution in [-0.2, 0) is 12.7 Å². The summed E-state index contributed by atoms with van der Waals surface area (Å²) in [5.41, 5.74) is 3.86. The number of thiazole rings is 1. The number of nitrogens with one attached hydrogen (secondary N) is 1. The van der Waals surface area contributed by atoms with Crippen LogP contribution in [-0.4, -0.2) is 10.9 Å². The Kier molecular flexibility index (Phi) is 4.50. The molecule has 0 aliphatic heterocycles. The van der Waals surface area contributed by atoms with Crippen LogP contribution in [0.5, 0.6) is 0 Å². The van der Waals surface area contributed by atoms with Gasteiger partial charge in [0.05, 0.1) is 16.3 Å². The van der Waals surface area contributed by atoms with E-state index in [4.69, 9.17) is 17.3 Å². The summed E-state index contributed by atoms with van der Waals surface area (Å²) in [6.07, 6.45) is -4.63. The predicted molar refractivity (Wildman–Crippen MR) is 74.4 cm³/mol. The third kappa shape index (κ3) is 3.52. The van der Waals surface area contributed by atoms with Gasteiger partial charge in [-0.1, -0.05) is 17.7 Å². The molecule has 0 saturated carbocycles. The number of nitrogens with two attached hydrogens (primary N) is 1. The van der Waals surface area contributed by atoms with E-state index in [-0.39, 0.29) is 17.3 Å². The lowest BCUT2D eigenvalue weighted by Gasteiger charge is -2.14. The van der Waals surface area contributed by atoms with Crippen LogP contribution in [0.4, 0.5) is 18.9 Å². The van der Waals surface area contributed by atoms with Gasteiger partial charge in [0, 0.05) is 11.9 Å². The van der Waals surface area contributed by atoms with Crippen molar-refractivity contribution in [2.45, 2.75) is 12.7 Å². The van der Waals surface area contributed by atoms with Gasteiger partial charge in [0.25, 0.3) is 5.91 Å². The number of hydrogen-bond donors (Lipinski definition) is 2. The average Bonchev–Trinajstić information content (AvgIpc) is 2.88. The van der Waals surface area contributed by atoms with E-state index in [9.17, 15) is 18.0 Å². The Morgan fingerprint density at radius 3 is 2.71 bits per heavy atom. The van der Waals surface area contributed by atoms with E-state index >= 15 is 0 Å². The summed E-state index contributed by atoms with van der Waals surface area (Å²) < 4.78 is 38.7. The Bertz CT molecular complexity index is 672. The number of hydrogen-bond acceptors (Lipinski definition) is 4. The van der Waals surface area contributed by atoms with Crippen LogP contribution in [0.3, 0.4) is 0 Å². The van der Waals surface area contributed by atoms with Gasteiger partial charge >= 0.3 is 6.18 Å². The summed E-state index contributed by atoms with van der Waals surface area (Å²) in [4.78, 5) is 15.8. The number of aromatic nitrogens is 1. The second-order valence-electron chi connectivity index (χ2n) is 3.94. The minimum atomic E-state index is -4.63. The van der Waals surface area contributed by atoms with Gasteiger partial charge in [-0.25, -0.2) is 4.98 Å². The molecule has 0 bridgehead atoms. The molecule has 0 aliphatic rings. The molecule has 1 aromatic carbocycles. The number of carbonyl (C=O) groups excluding carboxylic acids is 1. The summed E-state index contributed by atoms with van der Waals surface area (Å²) in [7, 11) is 0. The van der Waals surface area contributed by atoms with Crippen LogP contribution in [0.1, 0.15) is 21.1 Å². The fraction of sp³-hybridized carbons (Fsp3) is 0.167. The summed E-state index contributed by atoms with van der Waals surface area (Å²) in [6, 6.07) is 3.27. The number of amides is 1. The lowest BCUT2D eigenvalue weighted by Crippen LogP contribution is -2.17. The zero-order chi connectivity index (χ0) is 15.6. The van der Waals surface area contributed by atoms with E-state index in [2.05, 4.69) is 10.3 Å². The lowest BCUT2D eigenvalue weighted by molar-refractivity contribution is -0.136. The first-order valence-corrected chi connectivity index (χ1v) is 6.90. The van der Waals surface area contributed by atoms with Crippen LogP contribution in [0.25, 0.3) is 0 Å². The van der Waals surface area contributed by atoms with Crippen molar-refractivity contribution in [3.05, 3.63) is 44.9 Å². The molecule has 3 N–H and O–H groups in total. The van der Waals surface area contributed by atoms with E-state index in [1.54, 1.807) is 0 Å². The van der Waals surface area contributed by atoms with Crippen LogP contribution in [0, 0.1) is 0 Å². The minimum absolute atomic E-state index is 0.00602. The van der Waals surface area contributed by atoms with Crippen molar-refractivity contribution in [1.29, 1.82) is 0 Å². The van der Waals surface area contributed by atoms with Crippen molar-refractivity contribution < 1.29 is 18.0 Å². The van der Waals surface area contributed by atoms with Gasteiger partial charge in [-0.05, 0) is 12.1 Å². The average molecular weight is 336 g/mol. The quantitative estimate of drug-likeness (QED) is 0.901. The number of para-hydroxylation sites is 1. The van der Waals surface area contributed by atoms with Gasteiger partial charge < -0.3 is 11.1 Å². The maximum Gasteiger partial charge on any atom is 0.418 e. The Morgan fingerprint density at radius 2 is 2.14 bits per heavy atom. The number of anilines is 1. The van der Waals surface area contributed by atoms with Crippen molar-refractivity contribution in [3.8, 4) is 0 Å². The molecule has 112 valence electrons. The van der Waals surface area contributed by atoms with Gasteiger partial charge in [0.15, 0.2) is 0 Å². The molecule has 0 radical (unpaired) electrons. The van der Waals surface area contributed by atoms with Crippen LogP contribution < -0.4 is 11.1 Å². The zero-order valence-electron chi connectivity index (χ0n) is 10.4. The van der Waals surface area contributed by atoms with E-state index in [0.717, 1.165) is 23.5 Å². The fourth-order valence-corrected chi connectivity index (χ4v) is 2.45. The normalized spacial score (nSPS) is 11.5. The SMILES string of the molecule is NCc1nc(C(=O)Nc2c(Cl)cccc2C(F)(F)F)cs1. The number of halogens is 4. The van der Waals surface area contributed by atoms with Crippen molar-refractivity contribution >= 4 is 34.5 Å². The smallest absolute Gasteiger partial charge is 0.325 e. The van der Waals surface area contributed by atoms with Gasteiger partial charge in [-0.2, -0.15) is 13.2 Å². The van der Waals surface area contributed by atoms with E-state index in [1.807, 2.05) is 0 Å². The van der Waals surface area contributed by atoms with Crippen molar-refractivity contribution in [2.24, 2.45) is 5.73 Å². The summed E-state index contributed by atoms with van der Waals surface area (Å²) in [6.45, 7) is 0.151. The first-order chi connectivity index (χ1) is 9.82. The standard InChI is InChI=1S/C12H9ClF3N3OS/c13-7-3-1-2-6(12(14,15)16)10(7)19-11(20)8-5-21-9(4-17)18-8/h1-3,5H,4,17H2,(H,19,20). The van der Waals surface area contributed by atoms with Gasteiger partial charge in [0.2, 0.25) is 0 Å². The first kappa shape index (κ1) is 15.7. The highest BCUT2D eigenvalue weighted by Gasteiger charge is 2.35. The van der Waals surface area contributed by atoms with Crippen LogP contribution in [0.15, 0.2) is 23.6 Å². The molecule has 4 nitrogen and oxygen atoms in total. The van der Waals surface area contributed by atoms with E-state index < -0.39 is 23.3 Å². The molecule has 1 heterocycles. The Labute approximate surface area is 126 Å². The summed E-state index contributed by atoms with van der Waals surface area (Å²) >= 11 is 6.90. The molecule has 2 rings (SSSR count). The minimum Gasteiger partial charge on any atom is -0.325 e. The van der Waals surface area contributed by atoms with Crippen molar-refractivity contribution in [1.82, 2.24) is 4.98 Å². The molecule has 0 fully saturated rings. The number of nitrogens with zero attached hydrogens (tertiary/aromatic N) is 1. The van der Waals surface area contributed by atoms with E-state index in [0.29, 0.717) is 5.01 Å². The topological polar surface area (TPSA) is 68.0 Å². The number of alkyl halides is 3. The first-order valence-electron chi connectivity index (χ1n) is 5.64. The van der Waals surface area contributed by atoms with Gasteiger partial charge in [-0.15, -0.1) is 11.3 Å². The molecule has 0 aliphatic carbocycles. The summed E-state index contributed by atoms with van der Waals surface area (Å²) in [5, 5.41) is 3.88. The largest absolute Gasteiger partial charge is 0.418 e. The highest BCUT2D eigenvalue weighted by molar-refractivity contribution is 7.09. The molecular formula is C12H9ClF3N3OS. The molecular weight excluding hydrogens is 327 g/mol. The van der Waals surface area contributed by atoms with Gasteiger partial charge in [0.1, 0.15) is 10.7 Å². The second kappa shape index (κ2) is 6.00. The Morgan fingerprint density at radius 1 is 1.43 bits per heavy atom. The maximum atomic E-state index is 12.9. The summed E-state index contributed by atoms with van der Waals surface area (Å²) in [5.74, 6) is -0.774. The highest BCUT2D eigenvalue weighted by Crippen LogP contribution is 2.38. The molecule has 0 saturated heterocycles.